The van der Waals surface area contributed by atoms with E-state index in [2.05, 4.69) is 9.97 Å². The first-order valence-corrected chi connectivity index (χ1v) is 4.98. The Morgan fingerprint density at radius 3 is 2.93 bits per heavy atom. The normalized spacial score (nSPS) is 10.2. The van der Waals surface area contributed by atoms with Crippen LogP contribution >= 0.6 is 11.6 Å². The van der Waals surface area contributed by atoms with Crippen LogP contribution in [0.3, 0.4) is 0 Å². The molecule has 0 amide bonds. The zero-order chi connectivity index (χ0) is 10.4. The van der Waals surface area contributed by atoms with Crippen LogP contribution in [0.5, 0.6) is 0 Å². The predicted molar refractivity (Wildman–Crippen MR) is 56.6 cm³/mol. The van der Waals surface area contributed by atoms with E-state index in [0.717, 1.165) is 18.9 Å². The van der Waals surface area contributed by atoms with Gasteiger partial charge in [-0.3, -0.25) is 0 Å². The number of aromatic nitrogens is 2. The zero-order valence-corrected chi connectivity index (χ0v) is 8.91. The van der Waals surface area contributed by atoms with Crippen LogP contribution in [0.1, 0.15) is 13.3 Å². The summed E-state index contributed by atoms with van der Waals surface area (Å²) in [5.74, 6) is 0.734. The lowest BCUT2D eigenvalue weighted by Gasteiger charge is -2.21. The SMILES string of the molecule is CCN(CCCO)c1ncncc1Cl. The van der Waals surface area contributed by atoms with Gasteiger partial charge >= 0.3 is 0 Å². The largest absolute Gasteiger partial charge is 0.396 e. The quantitative estimate of drug-likeness (QED) is 0.806. The zero-order valence-electron chi connectivity index (χ0n) is 8.15. The Morgan fingerprint density at radius 2 is 2.36 bits per heavy atom. The number of halogens is 1. The van der Waals surface area contributed by atoms with E-state index in [4.69, 9.17) is 16.7 Å². The van der Waals surface area contributed by atoms with Gasteiger partial charge < -0.3 is 10.0 Å². The Bertz CT molecular complexity index is 283. The number of anilines is 1. The van der Waals surface area contributed by atoms with Crippen molar-refractivity contribution in [2.24, 2.45) is 0 Å². The van der Waals surface area contributed by atoms with Crippen LogP contribution < -0.4 is 4.90 Å². The average molecular weight is 216 g/mol. The molecule has 4 nitrogen and oxygen atoms in total. The van der Waals surface area contributed by atoms with Gasteiger partial charge in [0.05, 0.1) is 6.20 Å². The Hall–Kier alpha value is -0.870. The van der Waals surface area contributed by atoms with Gasteiger partial charge in [0.15, 0.2) is 5.82 Å². The summed E-state index contributed by atoms with van der Waals surface area (Å²) in [7, 11) is 0. The van der Waals surface area contributed by atoms with Gasteiger partial charge in [-0.2, -0.15) is 0 Å². The molecule has 0 aliphatic carbocycles. The highest BCUT2D eigenvalue weighted by Gasteiger charge is 2.08. The summed E-state index contributed by atoms with van der Waals surface area (Å²) >= 11 is 5.95. The van der Waals surface area contributed by atoms with Crippen molar-refractivity contribution in [2.45, 2.75) is 13.3 Å². The first kappa shape index (κ1) is 11.2. The number of rotatable bonds is 5. The standard InChI is InChI=1S/C9H14ClN3O/c1-2-13(4-3-5-14)9-8(10)6-11-7-12-9/h6-7,14H,2-5H2,1H3. The minimum atomic E-state index is 0.180. The topological polar surface area (TPSA) is 49.2 Å². The minimum Gasteiger partial charge on any atom is -0.396 e. The first-order chi connectivity index (χ1) is 6.79. The number of hydrogen-bond acceptors (Lipinski definition) is 4. The fourth-order valence-corrected chi connectivity index (χ4v) is 1.44. The predicted octanol–water partition coefficient (Wildman–Crippen LogP) is 1.34. The average Bonchev–Trinajstić information content (AvgIpc) is 2.21. The summed E-state index contributed by atoms with van der Waals surface area (Å²) in [6.45, 7) is 3.77. The number of aliphatic hydroxyl groups is 1. The van der Waals surface area contributed by atoms with Gasteiger partial charge in [-0.15, -0.1) is 0 Å². The van der Waals surface area contributed by atoms with Gasteiger partial charge in [0, 0.05) is 19.7 Å². The lowest BCUT2D eigenvalue weighted by Crippen LogP contribution is -2.25. The van der Waals surface area contributed by atoms with Crippen molar-refractivity contribution < 1.29 is 5.11 Å². The smallest absolute Gasteiger partial charge is 0.150 e. The summed E-state index contributed by atoms with van der Waals surface area (Å²) in [4.78, 5) is 9.94. The maximum atomic E-state index is 8.73. The lowest BCUT2D eigenvalue weighted by molar-refractivity contribution is 0.289. The van der Waals surface area contributed by atoms with Crippen molar-refractivity contribution in [1.82, 2.24) is 9.97 Å². The molecule has 0 atom stereocenters. The third-order valence-electron chi connectivity index (χ3n) is 1.92. The molecule has 0 radical (unpaired) electrons. The summed E-state index contributed by atoms with van der Waals surface area (Å²) in [6, 6.07) is 0. The third-order valence-corrected chi connectivity index (χ3v) is 2.18. The van der Waals surface area contributed by atoms with Crippen LogP contribution in [0.15, 0.2) is 12.5 Å². The molecule has 0 unspecified atom stereocenters. The molecule has 0 spiro atoms. The molecule has 0 fully saturated rings. The van der Waals surface area contributed by atoms with Crippen LogP contribution in [0.4, 0.5) is 5.82 Å². The summed E-state index contributed by atoms with van der Waals surface area (Å²) in [6.07, 6.45) is 3.77. The van der Waals surface area contributed by atoms with E-state index in [1.807, 2.05) is 11.8 Å². The fraction of sp³-hybridized carbons (Fsp3) is 0.556. The number of nitrogens with zero attached hydrogens (tertiary/aromatic N) is 3. The second-order valence-electron chi connectivity index (χ2n) is 2.85. The Balaban J connectivity index is 2.73. The molecular weight excluding hydrogens is 202 g/mol. The molecule has 0 saturated carbocycles. The van der Waals surface area contributed by atoms with Crippen molar-refractivity contribution in [3.8, 4) is 0 Å². The lowest BCUT2D eigenvalue weighted by atomic mass is 10.4. The van der Waals surface area contributed by atoms with E-state index in [9.17, 15) is 0 Å². The number of aliphatic hydroxyl groups excluding tert-OH is 1. The molecule has 0 saturated heterocycles. The van der Waals surface area contributed by atoms with Crippen molar-refractivity contribution in [1.29, 1.82) is 0 Å². The molecule has 5 heteroatoms. The Morgan fingerprint density at radius 1 is 1.57 bits per heavy atom. The molecule has 1 aromatic heterocycles. The van der Waals surface area contributed by atoms with Gasteiger partial charge in [0.25, 0.3) is 0 Å². The molecular formula is C9H14ClN3O. The van der Waals surface area contributed by atoms with Gasteiger partial charge in [0.1, 0.15) is 11.3 Å². The molecule has 14 heavy (non-hydrogen) atoms. The number of hydrogen-bond donors (Lipinski definition) is 1. The Kier molecular flexibility index (Phi) is 4.62. The maximum absolute atomic E-state index is 8.73. The third kappa shape index (κ3) is 2.82. The van der Waals surface area contributed by atoms with E-state index in [1.54, 1.807) is 6.20 Å². The van der Waals surface area contributed by atoms with Crippen molar-refractivity contribution in [2.75, 3.05) is 24.6 Å². The van der Waals surface area contributed by atoms with Crippen molar-refractivity contribution in [3.05, 3.63) is 17.5 Å². The van der Waals surface area contributed by atoms with Gasteiger partial charge in [-0.1, -0.05) is 11.6 Å². The molecule has 1 aromatic rings. The molecule has 0 aliphatic rings. The van der Waals surface area contributed by atoms with E-state index >= 15 is 0 Å². The van der Waals surface area contributed by atoms with Crippen LogP contribution in [-0.4, -0.2) is 34.8 Å². The second kappa shape index (κ2) is 5.78. The molecule has 1 rings (SSSR count). The molecule has 78 valence electrons. The summed E-state index contributed by atoms with van der Waals surface area (Å²) in [5.41, 5.74) is 0. The van der Waals surface area contributed by atoms with E-state index in [1.165, 1.54) is 6.33 Å². The van der Waals surface area contributed by atoms with Gasteiger partial charge in [-0.25, -0.2) is 9.97 Å². The first-order valence-electron chi connectivity index (χ1n) is 4.61. The van der Waals surface area contributed by atoms with E-state index < -0.39 is 0 Å². The molecule has 1 heterocycles. The molecule has 1 N–H and O–H groups in total. The molecule has 0 aromatic carbocycles. The van der Waals surface area contributed by atoms with Crippen LogP contribution in [-0.2, 0) is 0 Å². The summed E-state index contributed by atoms with van der Waals surface area (Å²) in [5, 5.41) is 9.28. The van der Waals surface area contributed by atoms with E-state index in [-0.39, 0.29) is 6.61 Å². The molecule has 0 aliphatic heterocycles. The highest BCUT2D eigenvalue weighted by atomic mass is 35.5. The maximum Gasteiger partial charge on any atom is 0.150 e. The van der Waals surface area contributed by atoms with Crippen LogP contribution in [0.2, 0.25) is 5.02 Å². The highest BCUT2D eigenvalue weighted by molar-refractivity contribution is 6.32. The monoisotopic (exact) mass is 215 g/mol. The van der Waals surface area contributed by atoms with Crippen molar-refractivity contribution >= 4 is 17.4 Å². The second-order valence-corrected chi connectivity index (χ2v) is 3.26. The van der Waals surface area contributed by atoms with E-state index in [0.29, 0.717) is 11.4 Å². The van der Waals surface area contributed by atoms with Crippen molar-refractivity contribution in [3.63, 3.8) is 0 Å². The fourth-order valence-electron chi connectivity index (χ4n) is 1.21. The van der Waals surface area contributed by atoms with Gasteiger partial charge in [-0.05, 0) is 13.3 Å². The summed E-state index contributed by atoms with van der Waals surface area (Å²) < 4.78 is 0. The Labute approximate surface area is 88.6 Å². The van der Waals surface area contributed by atoms with Gasteiger partial charge in [0.2, 0.25) is 0 Å². The highest BCUT2D eigenvalue weighted by Crippen LogP contribution is 2.20. The van der Waals surface area contributed by atoms with Crippen LogP contribution in [0.25, 0.3) is 0 Å². The minimum absolute atomic E-state index is 0.180. The van der Waals surface area contributed by atoms with Crippen LogP contribution in [0, 0.1) is 0 Å². The molecule has 0 bridgehead atoms.